The Morgan fingerprint density at radius 3 is 2.76 bits per heavy atom. The molecule has 5 aliphatic carbocycles. The number of carbonyl (C=O) groups is 1. The minimum absolute atomic E-state index is 0.154. The number of anilines is 1. The lowest BCUT2D eigenvalue weighted by Gasteiger charge is -2.60. The van der Waals surface area contributed by atoms with E-state index in [4.69, 9.17) is 5.73 Å². The lowest BCUT2D eigenvalue weighted by atomic mass is 9.48. The molecule has 1 aromatic rings. The molecule has 5 atom stereocenters. The summed E-state index contributed by atoms with van der Waals surface area (Å²) in [6.07, 6.45) is 12.5. The number of aliphatic hydroxyl groups excluding tert-OH is 1. The molecule has 6 rings (SSSR count). The molecule has 4 saturated carbocycles. The van der Waals surface area contributed by atoms with Gasteiger partial charge in [0, 0.05) is 30.8 Å². The molecule has 3 unspecified atom stereocenters. The first kappa shape index (κ1) is 15.4. The first-order valence-corrected chi connectivity index (χ1v) is 9.44. The highest BCUT2D eigenvalue weighted by atomic mass is 16.3. The van der Waals surface area contributed by atoms with Crippen molar-refractivity contribution in [2.45, 2.75) is 44.6 Å². The molecule has 4 fully saturated rings. The third-order valence-corrected chi connectivity index (χ3v) is 7.11. The van der Waals surface area contributed by atoms with Crippen LogP contribution in [-0.4, -0.2) is 28.6 Å². The summed E-state index contributed by atoms with van der Waals surface area (Å²) in [6, 6.07) is 0.370. The van der Waals surface area contributed by atoms with Crippen LogP contribution in [0, 0.1) is 23.2 Å². The molecule has 5 aliphatic rings. The number of hydrogen-bond acceptors (Lipinski definition) is 4. The zero-order valence-corrected chi connectivity index (χ0v) is 14.4. The number of nitrogens with zero attached hydrogens (tertiary/aromatic N) is 1. The summed E-state index contributed by atoms with van der Waals surface area (Å²) in [5.74, 6) is 1.50. The van der Waals surface area contributed by atoms with Crippen LogP contribution in [0.15, 0.2) is 12.3 Å². The molecule has 0 saturated heterocycles. The van der Waals surface area contributed by atoms with E-state index in [9.17, 15) is 9.90 Å². The molecule has 1 heterocycles. The van der Waals surface area contributed by atoms with Gasteiger partial charge < -0.3 is 16.2 Å². The van der Waals surface area contributed by atoms with Crippen molar-refractivity contribution in [3.8, 4) is 0 Å². The van der Waals surface area contributed by atoms with Gasteiger partial charge in [-0.3, -0.25) is 9.78 Å². The van der Waals surface area contributed by atoms with E-state index in [2.05, 4.69) is 22.5 Å². The second-order valence-electron chi connectivity index (χ2n) is 8.68. The summed E-state index contributed by atoms with van der Waals surface area (Å²) in [7, 11) is 0. The average Bonchev–Trinajstić information content (AvgIpc) is 3.06. The maximum Gasteiger partial charge on any atom is 0.252 e. The Bertz CT molecular complexity index is 756. The second kappa shape index (κ2) is 5.31. The molecule has 5 nitrogen and oxygen atoms in total. The van der Waals surface area contributed by atoms with Crippen molar-refractivity contribution in [3.63, 3.8) is 0 Å². The van der Waals surface area contributed by atoms with Gasteiger partial charge >= 0.3 is 0 Å². The van der Waals surface area contributed by atoms with Crippen LogP contribution in [0.2, 0.25) is 0 Å². The fraction of sp³-hybridized carbons (Fsp3) is 0.600. The quantitative estimate of drug-likeness (QED) is 0.786. The molecule has 132 valence electrons. The molecule has 4 N–H and O–H groups in total. The van der Waals surface area contributed by atoms with Crippen LogP contribution in [0.3, 0.4) is 0 Å². The maximum absolute atomic E-state index is 12.0. The average molecular weight is 339 g/mol. The van der Waals surface area contributed by atoms with Crippen molar-refractivity contribution in [1.29, 1.82) is 0 Å². The predicted molar refractivity (Wildman–Crippen MR) is 96.0 cm³/mol. The zero-order chi connectivity index (χ0) is 17.2. The number of hydrogen-bond donors (Lipinski definition) is 3. The van der Waals surface area contributed by atoms with Crippen LogP contribution in [0.1, 0.15) is 53.7 Å². The number of carbonyl (C=O) groups excluding carboxylic acids is 1. The first-order chi connectivity index (χ1) is 12.1. The van der Waals surface area contributed by atoms with Crippen LogP contribution in [0.25, 0.3) is 6.08 Å². The molecule has 0 radical (unpaired) electrons. The van der Waals surface area contributed by atoms with Crippen LogP contribution in [0.5, 0.6) is 0 Å². The Hall–Kier alpha value is -1.88. The number of aromatic nitrogens is 1. The predicted octanol–water partition coefficient (Wildman–Crippen LogP) is 2.35. The second-order valence-corrected chi connectivity index (χ2v) is 8.68. The Labute approximate surface area is 147 Å². The number of nitrogens with one attached hydrogen (secondary N) is 1. The minimum Gasteiger partial charge on any atom is -0.396 e. The summed E-state index contributed by atoms with van der Waals surface area (Å²) in [6.45, 7) is 0.323. The minimum atomic E-state index is -0.422. The van der Waals surface area contributed by atoms with Crippen molar-refractivity contribution in [2.24, 2.45) is 28.9 Å². The number of nitrogens with two attached hydrogens (primary N) is 1. The van der Waals surface area contributed by atoms with Gasteiger partial charge in [0.25, 0.3) is 5.91 Å². The van der Waals surface area contributed by atoms with E-state index in [0.717, 1.165) is 42.1 Å². The number of rotatable bonds is 4. The maximum atomic E-state index is 12.0. The zero-order valence-electron chi connectivity index (χ0n) is 14.4. The van der Waals surface area contributed by atoms with Gasteiger partial charge in [-0.05, 0) is 55.3 Å². The summed E-state index contributed by atoms with van der Waals surface area (Å²) in [4.78, 5) is 16.4. The van der Waals surface area contributed by atoms with E-state index >= 15 is 0 Å². The highest BCUT2D eigenvalue weighted by Gasteiger charge is 2.55. The number of fused-ring (bicyclic) bond motifs is 1. The largest absolute Gasteiger partial charge is 0.396 e. The van der Waals surface area contributed by atoms with Gasteiger partial charge in [0.2, 0.25) is 0 Å². The summed E-state index contributed by atoms with van der Waals surface area (Å²) < 4.78 is 0. The highest BCUT2D eigenvalue weighted by molar-refractivity contribution is 6.00. The molecule has 1 aromatic heterocycles. The molecule has 0 aliphatic heterocycles. The van der Waals surface area contributed by atoms with Gasteiger partial charge in [0.05, 0.1) is 16.9 Å². The lowest BCUT2D eigenvalue weighted by molar-refractivity contribution is -0.0868. The standard InChI is InChI=1S/C20H25N3O2/c21-19(25)15-9-22-16-3-1-2-14(16)18(15)23-17-12-4-11-5-13(17)8-20(6-11,7-12)10-24/h1-2,9,11-13,17,24H,3-8,10H2,(H2,21,25)(H,22,23)/t11?,12-,13+,17?,20?. The third-order valence-electron chi connectivity index (χ3n) is 7.11. The molecule has 25 heavy (non-hydrogen) atoms. The molecular formula is C20H25N3O2. The molecular weight excluding hydrogens is 314 g/mol. The Balaban J connectivity index is 1.50. The topological polar surface area (TPSA) is 88.2 Å². The number of primary amides is 1. The first-order valence-electron chi connectivity index (χ1n) is 9.44. The van der Waals surface area contributed by atoms with E-state index < -0.39 is 5.91 Å². The van der Waals surface area contributed by atoms with E-state index in [1.54, 1.807) is 6.20 Å². The normalized spacial score (nSPS) is 37.3. The fourth-order valence-electron chi connectivity index (χ4n) is 6.33. The van der Waals surface area contributed by atoms with Crippen LogP contribution in [-0.2, 0) is 6.42 Å². The highest BCUT2D eigenvalue weighted by Crippen LogP contribution is 2.60. The van der Waals surface area contributed by atoms with Crippen LogP contribution >= 0.6 is 0 Å². The van der Waals surface area contributed by atoms with E-state index in [0.29, 0.717) is 30.0 Å². The molecule has 1 amide bonds. The number of pyridine rings is 1. The summed E-state index contributed by atoms with van der Waals surface area (Å²) >= 11 is 0. The molecule has 0 spiro atoms. The van der Waals surface area contributed by atoms with Crippen molar-refractivity contribution < 1.29 is 9.90 Å². The molecule has 5 heteroatoms. The van der Waals surface area contributed by atoms with Gasteiger partial charge in [0.1, 0.15) is 0 Å². The number of aliphatic hydroxyl groups is 1. The summed E-state index contributed by atoms with van der Waals surface area (Å²) in [5, 5.41) is 13.7. The van der Waals surface area contributed by atoms with E-state index in [1.807, 2.05) is 0 Å². The van der Waals surface area contributed by atoms with Gasteiger partial charge in [-0.2, -0.15) is 0 Å². The van der Waals surface area contributed by atoms with E-state index in [-0.39, 0.29) is 5.41 Å². The smallest absolute Gasteiger partial charge is 0.252 e. The number of allylic oxidation sites excluding steroid dienone is 1. The van der Waals surface area contributed by atoms with Gasteiger partial charge in [-0.25, -0.2) is 0 Å². The van der Waals surface area contributed by atoms with Crippen molar-refractivity contribution in [3.05, 3.63) is 29.1 Å². The third kappa shape index (κ3) is 2.25. The van der Waals surface area contributed by atoms with Gasteiger partial charge in [-0.15, -0.1) is 0 Å². The lowest BCUT2D eigenvalue weighted by Crippen LogP contribution is -2.57. The van der Waals surface area contributed by atoms with Crippen LogP contribution < -0.4 is 11.1 Å². The van der Waals surface area contributed by atoms with Crippen molar-refractivity contribution in [2.75, 3.05) is 11.9 Å². The molecule has 4 bridgehead atoms. The van der Waals surface area contributed by atoms with Crippen molar-refractivity contribution >= 4 is 17.7 Å². The van der Waals surface area contributed by atoms with Crippen molar-refractivity contribution in [1.82, 2.24) is 4.98 Å². The SMILES string of the molecule is NC(=O)c1cnc2c(c1NC1[C@@H]3CC4C[C@H]1CC(CO)(C4)C3)C=CC2. The van der Waals surface area contributed by atoms with Crippen LogP contribution in [0.4, 0.5) is 5.69 Å². The summed E-state index contributed by atoms with van der Waals surface area (Å²) in [5.41, 5.74) is 9.20. The number of amides is 1. The van der Waals surface area contributed by atoms with Gasteiger partial charge in [0.15, 0.2) is 0 Å². The Morgan fingerprint density at radius 1 is 1.32 bits per heavy atom. The molecule has 0 aromatic carbocycles. The Kier molecular flexibility index (Phi) is 3.26. The monoisotopic (exact) mass is 339 g/mol. The van der Waals surface area contributed by atoms with Gasteiger partial charge in [-0.1, -0.05) is 12.2 Å². The Morgan fingerprint density at radius 2 is 2.08 bits per heavy atom. The van der Waals surface area contributed by atoms with E-state index in [1.165, 1.54) is 19.3 Å². The fourth-order valence-corrected chi connectivity index (χ4v) is 6.33.